The van der Waals surface area contributed by atoms with Crippen LogP contribution in [-0.2, 0) is 13.6 Å². The lowest BCUT2D eigenvalue weighted by molar-refractivity contribution is 0.0700. The summed E-state index contributed by atoms with van der Waals surface area (Å²) in [5.41, 5.74) is 11.0. The Hall–Kier alpha value is -3.04. The van der Waals surface area contributed by atoms with E-state index in [4.69, 9.17) is 10.7 Å². The lowest BCUT2D eigenvalue weighted by atomic mass is 10.1. The fourth-order valence-corrected chi connectivity index (χ4v) is 7.90. The van der Waals surface area contributed by atoms with E-state index in [0.29, 0.717) is 35.0 Å². The van der Waals surface area contributed by atoms with Crippen molar-refractivity contribution in [2.24, 2.45) is 24.6 Å². The van der Waals surface area contributed by atoms with Gasteiger partial charge in [0, 0.05) is 60.4 Å². The SMILES string of the molecule is Cn1c(-c2cc3ccc4c(c3n2CC2CC2)NCCS4)nc2cc(C(=O)N3C[C@H]4CC[C@@H]3[C@@H]4N)cc(F)c21. The van der Waals surface area contributed by atoms with E-state index in [1.54, 1.807) is 6.07 Å². The second kappa shape index (κ2) is 8.23. The fraction of sp³-hybridized carbons (Fsp3) is 0.448. The van der Waals surface area contributed by atoms with Crippen molar-refractivity contribution in [3.05, 3.63) is 41.7 Å². The van der Waals surface area contributed by atoms with E-state index in [1.165, 1.54) is 40.4 Å². The lowest BCUT2D eigenvalue weighted by Crippen LogP contribution is -2.41. The van der Waals surface area contributed by atoms with Crippen molar-refractivity contribution in [2.75, 3.05) is 24.2 Å². The summed E-state index contributed by atoms with van der Waals surface area (Å²) in [5.74, 6) is 2.24. The summed E-state index contributed by atoms with van der Waals surface area (Å²) in [6, 6.07) is 9.80. The number of piperidine rings is 1. The van der Waals surface area contributed by atoms with Crippen molar-refractivity contribution in [3.8, 4) is 11.5 Å². The minimum atomic E-state index is -0.416. The molecule has 2 saturated carbocycles. The van der Waals surface area contributed by atoms with Gasteiger partial charge in [-0.15, -0.1) is 11.8 Å². The van der Waals surface area contributed by atoms with Crippen molar-refractivity contribution in [1.82, 2.24) is 19.0 Å². The lowest BCUT2D eigenvalue weighted by Gasteiger charge is -2.27. The van der Waals surface area contributed by atoms with Gasteiger partial charge in [0.25, 0.3) is 5.91 Å². The zero-order chi connectivity index (χ0) is 25.7. The van der Waals surface area contributed by atoms with Crippen molar-refractivity contribution in [1.29, 1.82) is 0 Å². The Morgan fingerprint density at radius 1 is 1.18 bits per heavy atom. The number of hydrogen-bond donors (Lipinski definition) is 2. The zero-order valence-electron chi connectivity index (χ0n) is 21.4. The number of imidazole rings is 1. The van der Waals surface area contributed by atoms with E-state index in [1.807, 2.05) is 28.3 Å². The number of aromatic nitrogens is 3. The van der Waals surface area contributed by atoms with Crippen LogP contribution in [0.1, 0.15) is 36.0 Å². The van der Waals surface area contributed by atoms with Gasteiger partial charge in [0.1, 0.15) is 11.3 Å². The molecule has 1 amide bonds. The summed E-state index contributed by atoms with van der Waals surface area (Å²) in [7, 11) is 1.87. The number of carbonyl (C=O) groups is 1. The zero-order valence-corrected chi connectivity index (χ0v) is 22.2. The molecule has 2 aliphatic carbocycles. The quantitative estimate of drug-likeness (QED) is 0.395. The number of hydrogen-bond acceptors (Lipinski definition) is 5. The second-order valence-corrected chi connectivity index (χ2v) is 12.6. The highest BCUT2D eigenvalue weighted by molar-refractivity contribution is 7.99. The Balaban J connectivity index is 1.26. The molecule has 7 nitrogen and oxygen atoms in total. The molecule has 3 atom stereocenters. The molecule has 9 heteroatoms. The number of carbonyl (C=O) groups excluding carboxylic acids is 1. The minimum absolute atomic E-state index is 0.0287. The third kappa shape index (κ3) is 3.30. The van der Waals surface area contributed by atoms with Gasteiger partial charge in [-0.2, -0.15) is 0 Å². The van der Waals surface area contributed by atoms with Gasteiger partial charge in [-0.25, -0.2) is 9.37 Å². The van der Waals surface area contributed by atoms with Crippen molar-refractivity contribution >= 4 is 45.3 Å². The summed E-state index contributed by atoms with van der Waals surface area (Å²) in [6.45, 7) is 2.53. The van der Waals surface area contributed by atoms with Gasteiger partial charge >= 0.3 is 0 Å². The highest BCUT2D eigenvalue weighted by Crippen LogP contribution is 2.43. The highest BCUT2D eigenvalue weighted by Gasteiger charge is 2.47. The number of rotatable bonds is 4. The fourth-order valence-electron chi connectivity index (χ4n) is 7.00. The first-order valence-electron chi connectivity index (χ1n) is 13.7. The third-order valence-corrected chi connectivity index (χ3v) is 10.2. The summed E-state index contributed by atoms with van der Waals surface area (Å²) in [6.07, 6.45) is 4.47. The van der Waals surface area contributed by atoms with E-state index in [2.05, 4.69) is 28.1 Å². The molecule has 0 spiro atoms. The number of nitrogens with zero attached hydrogens (tertiary/aromatic N) is 4. The smallest absolute Gasteiger partial charge is 0.254 e. The Labute approximate surface area is 224 Å². The van der Waals surface area contributed by atoms with Gasteiger partial charge in [0.15, 0.2) is 5.82 Å². The number of halogens is 1. The average molecular weight is 531 g/mol. The highest BCUT2D eigenvalue weighted by atomic mass is 32.2. The Kier molecular flexibility index (Phi) is 4.96. The Morgan fingerprint density at radius 3 is 2.82 bits per heavy atom. The molecule has 8 rings (SSSR count). The van der Waals surface area contributed by atoms with Crippen LogP contribution in [0.3, 0.4) is 0 Å². The monoisotopic (exact) mass is 530 g/mol. The number of amides is 1. The molecule has 0 radical (unpaired) electrons. The van der Waals surface area contributed by atoms with Crippen LogP contribution < -0.4 is 11.1 Å². The standard InChI is InChI=1S/C29H31FN6OS/c1-34-27-19(30)10-18(29(37)36-14-17-4-6-21(36)24(17)31)11-20(27)33-28(34)22-12-16-5-7-23-25(32-8-9-38-23)26(16)35(22)13-15-2-3-15/h5,7,10-12,15,17,21,24,32H,2-4,6,8-9,13-14,31H2,1H3/t17-,21-,24-/m1/s1. The van der Waals surface area contributed by atoms with Crippen LogP contribution in [0.4, 0.5) is 10.1 Å². The molecule has 38 heavy (non-hydrogen) atoms. The van der Waals surface area contributed by atoms with E-state index >= 15 is 4.39 Å². The molecule has 0 unspecified atom stereocenters. The first-order valence-corrected chi connectivity index (χ1v) is 14.7. The molecule has 4 heterocycles. The minimum Gasteiger partial charge on any atom is -0.382 e. The van der Waals surface area contributed by atoms with Crippen LogP contribution in [0.2, 0.25) is 0 Å². The predicted molar refractivity (Wildman–Crippen MR) is 149 cm³/mol. The maximum Gasteiger partial charge on any atom is 0.254 e. The summed E-state index contributed by atoms with van der Waals surface area (Å²) >= 11 is 1.89. The number of fused-ring (bicyclic) bond motifs is 6. The van der Waals surface area contributed by atoms with Crippen LogP contribution in [0.5, 0.6) is 0 Å². The average Bonchev–Trinajstić information content (AvgIpc) is 3.30. The predicted octanol–water partition coefficient (Wildman–Crippen LogP) is 4.82. The molecule has 3 N–H and O–H groups in total. The molecular formula is C29H31FN6OS. The van der Waals surface area contributed by atoms with E-state index < -0.39 is 5.82 Å². The van der Waals surface area contributed by atoms with Crippen LogP contribution in [0.15, 0.2) is 35.2 Å². The van der Waals surface area contributed by atoms with E-state index in [-0.39, 0.29) is 18.0 Å². The molecule has 2 aliphatic heterocycles. The van der Waals surface area contributed by atoms with Crippen molar-refractivity contribution in [2.45, 2.75) is 49.2 Å². The number of likely N-dealkylation sites (tertiary alicyclic amines) is 1. The normalized spacial score (nSPS) is 24.4. The molecule has 2 aromatic carbocycles. The molecule has 2 aromatic heterocycles. The van der Waals surface area contributed by atoms with Crippen molar-refractivity contribution < 1.29 is 9.18 Å². The first kappa shape index (κ1) is 22.9. The number of benzene rings is 2. The summed E-state index contributed by atoms with van der Waals surface area (Å²) in [5, 5.41) is 4.80. The van der Waals surface area contributed by atoms with Crippen LogP contribution >= 0.6 is 11.8 Å². The van der Waals surface area contributed by atoms with Gasteiger partial charge in [0.05, 0.1) is 22.4 Å². The van der Waals surface area contributed by atoms with E-state index in [9.17, 15) is 4.79 Å². The molecule has 2 bridgehead atoms. The number of nitrogens with two attached hydrogens (primary N) is 1. The van der Waals surface area contributed by atoms with Gasteiger partial charge < -0.3 is 25.1 Å². The van der Waals surface area contributed by atoms with Gasteiger partial charge in [0.2, 0.25) is 0 Å². The number of nitrogens with one attached hydrogen (secondary N) is 1. The number of anilines is 1. The summed E-state index contributed by atoms with van der Waals surface area (Å²) in [4.78, 5) is 21.5. The van der Waals surface area contributed by atoms with Gasteiger partial charge in [-0.3, -0.25) is 4.79 Å². The molecule has 3 fully saturated rings. The number of thioether (sulfide) groups is 1. The largest absolute Gasteiger partial charge is 0.382 e. The second-order valence-electron chi connectivity index (χ2n) is 11.5. The van der Waals surface area contributed by atoms with Crippen molar-refractivity contribution in [3.63, 3.8) is 0 Å². The maximum absolute atomic E-state index is 15.6. The first-order chi connectivity index (χ1) is 18.5. The maximum atomic E-state index is 15.6. The van der Waals surface area contributed by atoms with Crippen LogP contribution in [-0.4, -0.2) is 55.9 Å². The van der Waals surface area contributed by atoms with Crippen LogP contribution in [0.25, 0.3) is 33.5 Å². The topological polar surface area (TPSA) is 81.1 Å². The number of aryl methyl sites for hydroxylation is 1. The van der Waals surface area contributed by atoms with Gasteiger partial charge in [-0.1, -0.05) is 6.07 Å². The summed E-state index contributed by atoms with van der Waals surface area (Å²) < 4.78 is 19.9. The molecule has 4 aliphatic rings. The van der Waals surface area contributed by atoms with Gasteiger partial charge in [-0.05, 0) is 61.8 Å². The Bertz CT molecular complexity index is 1640. The van der Waals surface area contributed by atoms with Crippen LogP contribution in [0, 0.1) is 17.7 Å². The van der Waals surface area contributed by atoms with E-state index in [0.717, 1.165) is 43.2 Å². The molecular weight excluding hydrogens is 499 g/mol. The Morgan fingerprint density at radius 2 is 2.05 bits per heavy atom. The third-order valence-electron chi connectivity index (χ3n) is 9.14. The molecule has 1 saturated heterocycles. The molecule has 196 valence electrons. The molecule has 4 aromatic rings.